The molecule has 0 aliphatic carbocycles. The van der Waals surface area contributed by atoms with Crippen LogP contribution in [0.25, 0.3) is 0 Å². The van der Waals surface area contributed by atoms with Gasteiger partial charge in [-0.2, -0.15) is 0 Å². The van der Waals surface area contributed by atoms with Gasteiger partial charge < -0.3 is 10.1 Å². The highest BCUT2D eigenvalue weighted by molar-refractivity contribution is 9.10. The summed E-state index contributed by atoms with van der Waals surface area (Å²) < 4.78 is 6.81. The normalized spacial score (nSPS) is 11.4. The number of benzene rings is 2. The van der Waals surface area contributed by atoms with Crippen molar-refractivity contribution in [3.05, 3.63) is 64.1 Å². The van der Waals surface area contributed by atoms with Crippen LogP contribution in [0, 0.1) is 0 Å². The van der Waals surface area contributed by atoms with Crippen molar-refractivity contribution in [2.45, 2.75) is 39.5 Å². The first-order valence-electron chi connectivity index (χ1n) is 7.14. The number of hydrogen-bond donors (Lipinski definition) is 1. The molecule has 0 aliphatic rings. The van der Waals surface area contributed by atoms with Crippen LogP contribution in [0.2, 0.25) is 0 Å². The number of rotatable bonds is 5. The minimum Gasteiger partial charge on any atom is -0.489 e. The minimum atomic E-state index is 0.141. The molecule has 0 aromatic heterocycles. The van der Waals surface area contributed by atoms with Gasteiger partial charge in [-0.25, -0.2) is 0 Å². The fraction of sp³-hybridized carbons (Fsp3) is 0.333. The van der Waals surface area contributed by atoms with E-state index in [1.165, 1.54) is 11.1 Å². The Bertz CT molecular complexity index is 573. The summed E-state index contributed by atoms with van der Waals surface area (Å²) >= 11 is 3.44. The Kier molecular flexibility index (Phi) is 5.43. The fourth-order valence-electron chi connectivity index (χ4n) is 1.84. The van der Waals surface area contributed by atoms with E-state index in [0.717, 1.165) is 16.8 Å². The predicted molar refractivity (Wildman–Crippen MR) is 91.5 cm³/mol. The van der Waals surface area contributed by atoms with Gasteiger partial charge in [0.1, 0.15) is 12.4 Å². The van der Waals surface area contributed by atoms with E-state index in [1.54, 1.807) is 0 Å². The van der Waals surface area contributed by atoms with E-state index < -0.39 is 0 Å². The molecule has 0 fully saturated rings. The van der Waals surface area contributed by atoms with Gasteiger partial charge in [-0.3, -0.25) is 0 Å². The van der Waals surface area contributed by atoms with Crippen molar-refractivity contribution in [2.75, 3.05) is 0 Å². The van der Waals surface area contributed by atoms with Crippen LogP contribution < -0.4 is 10.1 Å². The zero-order valence-corrected chi connectivity index (χ0v) is 14.4. The zero-order valence-electron chi connectivity index (χ0n) is 12.8. The standard InChI is InChI=1S/C18H22BrNO/c1-18(2,3)20-12-14-7-9-15(10-8-14)13-21-17-6-4-5-16(19)11-17/h4-11,20H,12-13H2,1-3H3. The quantitative estimate of drug-likeness (QED) is 0.828. The molecule has 0 spiro atoms. The summed E-state index contributed by atoms with van der Waals surface area (Å²) in [6.45, 7) is 7.99. The van der Waals surface area contributed by atoms with E-state index in [9.17, 15) is 0 Å². The van der Waals surface area contributed by atoms with Crippen molar-refractivity contribution < 1.29 is 4.74 Å². The van der Waals surface area contributed by atoms with E-state index >= 15 is 0 Å². The average molecular weight is 348 g/mol. The second-order valence-corrected chi connectivity index (χ2v) is 7.08. The fourth-order valence-corrected chi connectivity index (χ4v) is 2.22. The Balaban J connectivity index is 1.87. The molecule has 2 aromatic carbocycles. The SMILES string of the molecule is CC(C)(C)NCc1ccc(COc2cccc(Br)c2)cc1. The molecule has 2 rings (SSSR count). The van der Waals surface area contributed by atoms with Gasteiger partial charge in [0.25, 0.3) is 0 Å². The topological polar surface area (TPSA) is 21.3 Å². The lowest BCUT2D eigenvalue weighted by atomic mass is 10.1. The number of ether oxygens (including phenoxy) is 1. The molecule has 0 saturated heterocycles. The van der Waals surface area contributed by atoms with Crippen molar-refractivity contribution in [1.29, 1.82) is 0 Å². The van der Waals surface area contributed by atoms with Crippen LogP contribution >= 0.6 is 15.9 Å². The molecule has 0 heterocycles. The molecule has 0 saturated carbocycles. The summed E-state index contributed by atoms with van der Waals surface area (Å²) in [4.78, 5) is 0. The Morgan fingerprint density at radius 3 is 2.29 bits per heavy atom. The Labute approximate surface area is 135 Å². The largest absolute Gasteiger partial charge is 0.489 e. The van der Waals surface area contributed by atoms with Crippen LogP contribution in [0.15, 0.2) is 53.0 Å². The van der Waals surface area contributed by atoms with Crippen molar-refractivity contribution in [1.82, 2.24) is 5.32 Å². The number of hydrogen-bond acceptors (Lipinski definition) is 2. The van der Waals surface area contributed by atoms with Crippen molar-refractivity contribution in [3.63, 3.8) is 0 Å². The smallest absolute Gasteiger partial charge is 0.120 e. The summed E-state index contributed by atoms with van der Waals surface area (Å²) in [5.74, 6) is 0.878. The van der Waals surface area contributed by atoms with Crippen molar-refractivity contribution in [2.24, 2.45) is 0 Å². The average Bonchev–Trinajstić information content (AvgIpc) is 2.43. The van der Waals surface area contributed by atoms with Gasteiger partial charge in [-0.15, -0.1) is 0 Å². The highest BCUT2D eigenvalue weighted by Gasteiger charge is 2.08. The third-order valence-corrected chi connectivity index (χ3v) is 3.54. The number of nitrogens with one attached hydrogen (secondary N) is 1. The maximum absolute atomic E-state index is 5.78. The lowest BCUT2D eigenvalue weighted by molar-refractivity contribution is 0.306. The second-order valence-electron chi connectivity index (χ2n) is 6.17. The molecule has 3 heteroatoms. The minimum absolute atomic E-state index is 0.141. The summed E-state index contributed by atoms with van der Waals surface area (Å²) in [6.07, 6.45) is 0. The lowest BCUT2D eigenvalue weighted by Crippen LogP contribution is -2.35. The molecule has 0 atom stereocenters. The van der Waals surface area contributed by atoms with Crippen LogP contribution in [0.3, 0.4) is 0 Å². The maximum atomic E-state index is 5.78. The molecular weight excluding hydrogens is 326 g/mol. The highest BCUT2D eigenvalue weighted by atomic mass is 79.9. The van der Waals surface area contributed by atoms with Crippen molar-refractivity contribution in [3.8, 4) is 5.75 Å². The van der Waals surface area contributed by atoms with Crippen LogP contribution in [0.4, 0.5) is 0 Å². The van der Waals surface area contributed by atoms with Gasteiger partial charge in [0.2, 0.25) is 0 Å². The maximum Gasteiger partial charge on any atom is 0.120 e. The molecule has 0 radical (unpaired) electrons. The monoisotopic (exact) mass is 347 g/mol. The Morgan fingerprint density at radius 2 is 1.67 bits per heavy atom. The molecule has 1 N–H and O–H groups in total. The van der Waals surface area contributed by atoms with Crippen LogP contribution in [0.1, 0.15) is 31.9 Å². The van der Waals surface area contributed by atoms with Crippen LogP contribution in [0.5, 0.6) is 5.75 Å². The summed E-state index contributed by atoms with van der Waals surface area (Å²) in [6, 6.07) is 16.4. The van der Waals surface area contributed by atoms with E-state index in [-0.39, 0.29) is 5.54 Å². The molecule has 21 heavy (non-hydrogen) atoms. The summed E-state index contributed by atoms with van der Waals surface area (Å²) in [7, 11) is 0. The zero-order chi connectivity index (χ0) is 15.3. The highest BCUT2D eigenvalue weighted by Crippen LogP contribution is 2.19. The van der Waals surface area contributed by atoms with E-state index in [2.05, 4.69) is 66.3 Å². The van der Waals surface area contributed by atoms with Gasteiger partial charge >= 0.3 is 0 Å². The summed E-state index contributed by atoms with van der Waals surface area (Å²) in [5.41, 5.74) is 2.60. The van der Waals surface area contributed by atoms with E-state index in [1.807, 2.05) is 24.3 Å². The summed E-state index contributed by atoms with van der Waals surface area (Å²) in [5, 5.41) is 3.49. The van der Waals surface area contributed by atoms with Crippen LogP contribution in [-0.2, 0) is 13.2 Å². The van der Waals surface area contributed by atoms with Gasteiger partial charge in [-0.1, -0.05) is 46.3 Å². The first-order chi connectivity index (χ1) is 9.92. The van der Waals surface area contributed by atoms with Gasteiger partial charge in [-0.05, 0) is 50.1 Å². The third kappa shape index (κ3) is 5.90. The molecule has 2 nitrogen and oxygen atoms in total. The molecule has 0 aliphatic heterocycles. The molecule has 0 unspecified atom stereocenters. The number of halogens is 1. The lowest BCUT2D eigenvalue weighted by Gasteiger charge is -2.20. The van der Waals surface area contributed by atoms with Crippen LogP contribution in [-0.4, -0.2) is 5.54 Å². The molecule has 0 bridgehead atoms. The molecular formula is C18H22BrNO. The Morgan fingerprint density at radius 1 is 1.00 bits per heavy atom. The third-order valence-electron chi connectivity index (χ3n) is 3.05. The Hall–Kier alpha value is -1.32. The van der Waals surface area contributed by atoms with Gasteiger partial charge in [0.15, 0.2) is 0 Å². The van der Waals surface area contributed by atoms with E-state index in [4.69, 9.17) is 4.74 Å². The molecule has 2 aromatic rings. The first-order valence-corrected chi connectivity index (χ1v) is 7.93. The van der Waals surface area contributed by atoms with Gasteiger partial charge in [0.05, 0.1) is 0 Å². The van der Waals surface area contributed by atoms with Crippen molar-refractivity contribution >= 4 is 15.9 Å². The van der Waals surface area contributed by atoms with E-state index in [0.29, 0.717) is 6.61 Å². The molecule has 0 amide bonds. The predicted octanol–water partition coefficient (Wildman–Crippen LogP) is 4.92. The first kappa shape index (κ1) is 16.1. The van der Waals surface area contributed by atoms with Gasteiger partial charge in [0, 0.05) is 16.6 Å². The second kappa shape index (κ2) is 7.10. The molecule has 112 valence electrons.